The monoisotopic (exact) mass is 236 g/mol. The number of nitrogens with one attached hydrogen (secondary N) is 1. The van der Waals surface area contributed by atoms with Gasteiger partial charge in [0.1, 0.15) is 5.41 Å². The SMILES string of the molecule is COC(=O)C1(C(=O)N(C)Cc2ccc[nH]2)CC1. The smallest absolute Gasteiger partial charge is 0.321 e. The number of rotatable bonds is 4. The molecule has 0 radical (unpaired) electrons. The highest BCUT2D eigenvalue weighted by Crippen LogP contribution is 2.48. The highest BCUT2D eigenvalue weighted by atomic mass is 16.5. The van der Waals surface area contributed by atoms with Gasteiger partial charge in [0.2, 0.25) is 5.91 Å². The fraction of sp³-hybridized carbons (Fsp3) is 0.500. The maximum atomic E-state index is 12.2. The molecule has 1 fully saturated rings. The van der Waals surface area contributed by atoms with Gasteiger partial charge in [0.05, 0.1) is 13.7 Å². The van der Waals surface area contributed by atoms with Crippen molar-refractivity contribution >= 4 is 11.9 Å². The zero-order valence-corrected chi connectivity index (χ0v) is 10.0. The van der Waals surface area contributed by atoms with Crippen LogP contribution < -0.4 is 0 Å². The number of methoxy groups -OCH3 is 1. The first-order valence-corrected chi connectivity index (χ1v) is 5.56. The summed E-state index contributed by atoms with van der Waals surface area (Å²) >= 11 is 0. The van der Waals surface area contributed by atoms with Crippen LogP contribution in [-0.2, 0) is 20.9 Å². The first-order chi connectivity index (χ1) is 8.10. The number of esters is 1. The van der Waals surface area contributed by atoms with Gasteiger partial charge in [-0.1, -0.05) is 0 Å². The molecule has 17 heavy (non-hydrogen) atoms. The molecule has 2 rings (SSSR count). The Morgan fingerprint density at radius 2 is 2.24 bits per heavy atom. The predicted octanol–water partition coefficient (Wildman–Crippen LogP) is 0.926. The fourth-order valence-electron chi connectivity index (χ4n) is 1.98. The van der Waals surface area contributed by atoms with Crippen molar-refractivity contribution in [2.75, 3.05) is 14.2 Å². The summed E-state index contributed by atoms with van der Waals surface area (Å²) in [5.41, 5.74) is 0.0392. The summed E-state index contributed by atoms with van der Waals surface area (Å²) in [5, 5.41) is 0. The second kappa shape index (κ2) is 4.24. The Hall–Kier alpha value is -1.78. The van der Waals surface area contributed by atoms with E-state index >= 15 is 0 Å². The van der Waals surface area contributed by atoms with E-state index in [0.717, 1.165) is 5.69 Å². The van der Waals surface area contributed by atoms with Gasteiger partial charge in [-0.05, 0) is 25.0 Å². The van der Waals surface area contributed by atoms with Crippen LogP contribution in [-0.4, -0.2) is 35.9 Å². The summed E-state index contributed by atoms with van der Waals surface area (Å²) < 4.78 is 4.69. The van der Waals surface area contributed by atoms with E-state index in [0.29, 0.717) is 19.4 Å². The lowest BCUT2D eigenvalue weighted by atomic mass is 10.1. The maximum Gasteiger partial charge on any atom is 0.321 e. The van der Waals surface area contributed by atoms with Crippen molar-refractivity contribution in [1.82, 2.24) is 9.88 Å². The van der Waals surface area contributed by atoms with Crippen molar-refractivity contribution in [2.45, 2.75) is 19.4 Å². The van der Waals surface area contributed by atoms with Crippen molar-refractivity contribution in [3.05, 3.63) is 24.0 Å². The van der Waals surface area contributed by atoms with Crippen molar-refractivity contribution in [1.29, 1.82) is 0 Å². The molecule has 5 nitrogen and oxygen atoms in total. The quantitative estimate of drug-likeness (QED) is 0.624. The minimum atomic E-state index is -0.907. The molecule has 1 aromatic rings. The Balaban J connectivity index is 2.03. The number of hydrogen-bond donors (Lipinski definition) is 1. The zero-order chi connectivity index (χ0) is 12.5. The molecular formula is C12H16N2O3. The number of carbonyl (C=O) groups excluding carboxylic acids is 2. The molecule has 92 valence electrons. The van der Waals surface area contributed by atoms with Crippen molar-refractivity contribution < 1.29 is 14.3 Å². The molecule has 0 aliphatic heterocycles. The van der Waals surface area contributed by atoms with Gasteiger partial charge >= 0.3 is 5.97 Å². The number of aromatic nitrogens is 1. The third-order valence-corrected chi connectivity index (χ3v) is 3.15. The van der Waals surface area contributed by atoms with E-state index < -0.39 is 11.4 Å². The van der Waals surface area contributed by atoms with Crippen LogP contribution in [0.15, 0.2) is 18.3 Å². The minimum Gasteiger partial charge on any atom is -0.468 e. The Kier molecular flexibility index (Phi) is 2.92. The van der Waals surface area contributed by atoms with Gasteiger partial charge in [-0.2, -0.15) is 0 Å². The third-order valence-electron chi connectivity index (χ3n) is 3.15. The topological polar surface area (TPSA) is 62.4 Å². The molecule has 1 N–H and O–H groups in total. The third kappa shape index (κ3) is 2.05. The van der Waals surface area contributed by atoms with Gasteiger partial charge in [-0.3, -0.25) is 9.59 Å². The average molecular weight is 236 g/mol. The van der Waals surface area contributed by atoms with E-state index in [4.69, 9.17) is 0 Å². The molecular weight excluding hydrogens is 220 g/mol. The second-order valence-corrected chi connectivity index (χ2v) is 4.43. The molecule has 0 spiro atoms. The van der Waals surface area contributed by atoms with Crippen molar-refractivity contribution in [3.63, 3.8) is 0 Å². The molecule has 0 unspecified atom stereocenters. The summed E-state index contributed by atoms with van der Waals surface area (Å²) in [6.45, 7) is 0.477. The van der Waals surface area contributed by atoms with Gasteiger partial charge in [-0.15, -0.1) is 0 Å². The number of H-pyrrole nitrogens is 1. The number of aromatic amines is 1. The maximum absolute atomic E-state index is 12.2. The number of ether oxygens (including phenoxy) is 1. The molecule has 1 aliphatic rings. The Bertz CT molecular complexity index is 421. The first-order valence-electron chi connectivity index (χ1n) is 5.56. The zero-order valence-electron chi connectivity index (χ0n) is 10.0. The van der Waals surface area contributed by atoms with Crippen molar-refractivity contribution in [3.8, 4) is 0 Å². The van der Waals surface area contributed by atoms with Crippen LogP contribution in [0.2, 0.25) is 0 Å². The molecule has 1 aliphatic carbocycles. The van der Waals surface area contributed by atoms with E-state index in [9.17, 15) is 9.59 Å². The molecule has 0 aromatic carbocycles. The summed E-state index contributed by atoms with van der Waals surface area (Å²) in [5.74, 6) is -0.570. The van der Waals surface area contributed by atoms with Crippen LogP contribution in [0.1, 0.15) is 18.5 Å². The predicted molar refractivity (Wildman–Crippen MR) is 60.9 cm³/mol. The minimum absolute atomic E-state index is 0.154. The molecule has 0 bridgehead atoms. The van der Waals surface area contributed by atoms with Crippen LogP contribution in [0.3, 0.4) is 0 Å². The number of nitrogens with zero attached hydrogens (tertiary/aromatic N) is 1. The van der Waals surface area contributed by atoms with E-state index in [-0.39, 0.29) is 5.91 Å². The Labute approximate surface area is 99.8 Å². The lowest BCUT2D eigenvalue weighted by molar-refractivity contribution is -0.155. The van der Waals surface area contributed by atoms with E-state index in [1.807, 2.05) is 12.1 Å². The van der Waals surface area contributed by atoms with Gasteiger partial charge < -0.3 is 14.6 Å². The van der Waals surface area contributed by atoms with E-state index in [1.54, 1.807) is 18.1 Å². The Morgan fingerprint density at radius 1 is 1.53 bits per heavy atom. The fourth-order valence-corrected chi connectivity index (χ4v) is 1.98. The highest BCUT2D eigenvalue weighted by molar-refractivity contribution is 6.05. The standard InChI is InChI=1S/C12H16N2O3/c1-14(8-9-4-3-7-13-9)10(15)12(5-6-12)11(16)17-2/h3-4,7,13H,5-6,8H2,1-2H3. The van der Waals surface area contributed by atoms with Crippen LogP contribution in [0.25, 0.3) is 0 Å². The summed E-state index contributed by atoms with van der Waals surface area (Å²) in [6, 6.07) is 3.78. The van der Waals surface area contributed by atoms with Gasteiger partial charge in [0, 0.05) is 18.9 Å². The van der Waals surface area contributed by atoms with Crippen LogP contribution >= 0.6 is 0 Å². The molecule has 5 heteroatoms. The Morgan fingerprint density at radius 3 is 2.71 bits per heavy atom. The largest absolute Gasteiger partial charge is 0.468 e. The number of hydrogen-bond acceptors (Lipinski definition) is 3. The number of amides is 1. The highest BCUT2D eigenvalue weighted by Gasteiger charge is 2.58. The first kappa shape index (κ1) is 11.7. The summed E-state index contributed by atoms with van der Waals surface area (Å²) in [4.78, 5) is 28.3. The number of carbonyl (C=O) groups is 2. The molecule has 1 amide bonds. The lowest BCUT2D eigenvalue weighted by Gasteiger charge is -2.21. The van der Waals surface area contributed by atoms with Crippen LogP contribution in [0, 0.1) is 5.41 Å². The molecule has 1 heterocycles. The van der Waals surface area contributed by atoms with Gasteiger partial charge in [0.15, 0.2) is 0 Å². The van der Waals surface area contributed by atoms with E-state index in [2.05, 4.69) is 9.72 Å². The van der Waals surface area contributed by atoms with Crippen LogP contribution in [0.4, 0.5) is 0 Å². The van der Waals surface area contributed by atoms with Crippen LogP contribution in [0.5, 0.6) is 0 Å². The molecule has 0 atom stereocenters. The lowest BCUT2D eigenvalue weighted by Crippen LogP contribution is -2.38. The van der Waals surface area contributed by atoms with Gasteiger partial charge in [0.25, 0.3) is 0 Å². The molecule has 1 saturated carbocycles. The summed E-state index contributed by atoms with van der Waals surface area (Å²) in [7, 11) is 3.02. The van der Waals surface area contributed by atoms with Crippen molar-refractivity contribution in [2.24, 2.45) is 5.41 Å². The molecule has 0 saturated heterocycles. The second-order valence-electron chi connectivity index (χ2n) is 4.43. The normalized spacial score (nSPS) is 16.4. The van der Waals surface area contributed by atoms with E-state index in [1.165, 1.54) is 7.11 Å². The average Bonchev–Trinajstić information content (AvgIpc) is 2.99. The summed E-state index contributed by atoms with van der Waals surface area (Å²) in [6.07, 6.45) is 2.99. The van der Waals surface area contributed by atoms with Gasteiger partial charge in [-0.25, -0.2) is 0 Å². The molecule has 1 aromatic heterocycles.